The first-order chi connectivity index (χ1) is 8.41. The van der Waals surface area contributed by atoms with E-state index >= 15 is 0 Å². The highest BCUT2D eigenvalue weighted by Gasteiger charge is 2.04. The maximum absolute atomic E-state index is 7.65. The van der Waals surface area contributed by atoms with Gasteiger partial charge >= 0.3 is 0 Å². The molecule has 0 saturated heterocycles. The minimum atomic E-state index is 0.301. The quantitative estimate of drug-likeness (QED) is 0.338. The summed E-state index contributed by atoms with van der Waals surface area (Å²) in [5.74, 6) is 1.74. The third-order valence-corrected chi connectivity index (χ3v) is 2.63. The molecule has 1 unspecified atom stereocenters. The van der Waals surface area contributed by atoms with E-state index in [9.17, 15) is 0 Å². The largest absolute Gasteiger partial charge is 0.377 e. The molecule has 0 fully saturated rings. The van der Waals surface area contributed by atoms with E-state index < -0.39 is 0 Å². The van der Waals surface area contributed by atoms with Gasteiger partial charge in [0.25, 0.3) is 0 Å². The van der Waals surface area contributed by atoms with E-state index in [1.807, 2.05) is 0 Å². The summed E-state index contributed by atoms with van der Waals surface area (Å²) in [4.78, 5) is 0. The molecular formula is C14H31N3O. The highest BCUT2D eigenvalue weighted by atomic mass is 16.5. The second kappa shape index (κ2) is 10.2. The number of rotatable bonds is 9. The van der Waals surface area contributed by atoms with E-state index in [0.717, 1.165) is 19.4 Å². The summed E-state index contributed by atoms with van der Waals surface area (Å²) in [5, 5.41) is 13.7. The normalized spacial score (nSPS) is 12.8. The third-order valence-electron chi connectivity index (χ3n) is 2.63. The summed E-state index contributed by atoms with van der Waals surface area (Å²) in [5.41, 5.74) is 0. The zero-order chi connectivity index (χ0) is 14.0. The summed E-state index contributed by atoms with van der Waals surface area (Å²) in [7, 11) is 0. The van der Waals surface area contributed by atoms with E-state index in [2.05, 4.69) is 45.3 Å². The first-order valence-electron chi connectivity index (χ1n) is 7.09. The lowest BCUT2D eigenvalue weighted by Crippen LogP contribution is -2.39. The molecule has 0 aromatic carbocycles. The van der Waals surface area contributed by atoms with Gasteiger partial charge in [-0.05, 0) is 31.6 Å². The number of ether oxygens (including phenoxy) is 1. The second-order valence-corrected chi connectivity index (χ2v) is 5.72. The van der Waals surface area contributed by atoms with Crippen LogP contribution in [0.2, 0.25) is 0 Å². The molecule has 0 aliphatic carbocycles. The lowest BCUT2D eigenvalue weighted by Gasteiger charge is -2.16. The molecular weight excluding hydrogens is 226 g/mol. The van der Waals surface area contributed by atoms with E-state index in [-0.39, 0.29) is 0 Å². The van der Waals surface area contributed by atoms with Gasteiger partial charge in [0.05, 0.1) is 12.7 Å². The minimum absolute atomic E-state index is 0.301. The Morgan fingerprint density at radius 1 is 1.00 bits per heavy atom. The molecule has 0 heterocycles. The van der Waals surface area contributed by atoms with Crippen LogP contribution in [0, 0.1) is 17.2 Å². The Balaban J connectivity index is 3.40. The molecule has 0 aromatic heterocycles. The van der Waals surface area contributed by atoms with Crippen LogP contribution in [-0.2, 0) is 4.74 Å². The maximum Gasteiger partial charge on any atom is 0.188 e. The van der Waals surface area contributed by atoms with Crippen molar-refractivity contribution in [3.05, 3.63) is 0 Å². The van der Waals surface area contributed by atoms with Gasteiger partial charge in [-0.3, -0.25) is 5.41 Å². The predicted molar refractivity (Wildman–Crippen MR) is 78.1 cm³/mol. The molecule has 0 bridgehead atoms. The van der Waals surface area contributed by atoms with Gasteiger partial charge in [-0.2, -0.15) is 0 Å². The van der Waals surface area contributed by atoms with Crippen molar-refractivity contribution in [3.8, 4) is 0 Å². The van der Waals surface area contributed by atoms with Gasteiger partial charge in [0, 0.05) is 13.1 Å². The van der Waals surface area contributed by atoms with Gasteiger partial charge in [0.1, 0.15) is 0 Å². The molecule has 4 nitrogen and oxygen atoms in total. The van der Waals surface area contributed by atoms with Crippen LogP contribution >= 0.6 is 0 Å². The average Bonchev–Trinajstić information content (AvgIpc) is 2.23. The highest BCUT2D eigenvalue weighted by molar-refractivity contribution is 5.76. The zero-order valence-corrected chi connectivity index (χ0v) is 12.7. The van der Waals surface area contributed by atoms with Crippen molar-refractivity contribution in [1.29, 1.82) is 5.41 Å². The van der Waals surface area contributed by atoms with Gasteiger partial charge < -0.3 is 15.4 Å². The summed E-state index contributed by atoms with van der Waals surface area (Å²) >= 11 is 0. The van der Waals surface area contributed by atoms with Gasteiger partial charge in [-0.1, -0.05) is 27.7 Å². The summed E-state index contributed by atoms with van der Waals surface area (Å²) in [6, 6.07) is 0. The number of hydrogen-bond acceptors (Lipinski definition) is 2. The SMILES string of the molecule is CC(C)CCNC(=N)NCCOC(C)CC(C)C. The minimum Gasteiger partial charge on any atom is -0.377 e. The lowest BCUT2D eigenvalue weighted by molar-refractivity contribution is 0.0556. The van der Waals surface area contributed by atoms with E-state index in [1.54, 1.807) is 0 Å². The van der Waals surface area contributed by atoms with Crippen molar-refractivity contribution >= 4 is 5.96 Å². The van der Waals surface area contributed by atoms with Crippen LogP contribution in [0.1, 0.15) is 47.5 Å². The molecule has 4 heteroatoms. The Bertz CT molecular complexity index is 217. The number of guanidine groups is 1. The number of nitrogens with one attached hydrogen (secondary N) is 3. The van der Waals surface area contributed by atoms with Crippen LogP contribution in [0.3, 0.4) is 0 Å². The maximum atomic E-state index is 7.65. The van der Waals surface area contributed by atoms with Crippen LogP contribution < -0.4 is 10.6 Å². The van der Waals surface area contributed by atoms with Crippen molar-refractivity contribution in [3.63, 3.8) is 0 Å². The Labute approximate surface area is 112 Å². The smallest absolute Gasteiger partial charge is 0.188 e. The van der Waals surface area contributed by atoms with Crippen molar-refractivity contribution < 1.29 is 4.74 Å². The molecule has 3 N–H and O–H groups in total. The molecule has 108 valence electrons. The monoisotopic (exact) mass is 257 g/mol. The molecule has 0 amide bonds. The van der Waals surface area contributed by atoms with Gasteiger partial charge in [-0.25, -0.2) is 0 Å². The molecule has 18 heavy (non-hydrogen) atoms. The summed E-state index contributed by atoms with van der Waals surface area (Å²) in [6.07, 6.45) is 2.48. The van der Waals surface area contributed by atoms with Crippen LogP contribution in [0.15, 0.2) is 0 Å². The Morgan fingerprint density at radius 2 is 1.61 bits per heavy atom. The average molecular weight is 257 g/mol. The van der Waals surface area contributed by atoms with E-state index in [4.69, 9.17) is 10.1 Å². The van der Waals surface area contributed by atoms with Crippen molar-refractivity contribution in [2.75, 3.05) is 19.7 Å². The van der Waals surface area contributed by atoms with Crippen molar-refractivity contribution in [2.45, 2.75) is 53.6 Å². The predicted octanol–water partition coefficient (Wildman–Crippen LogP) is 2.60. The van der Waals surface area contributed by atoms with Crippen LogP contribution in [-0.4, -0.2) is 31.8 Å². The first-order valence-corrected chi connectivity index (χ1v) is 7.09. The summed E-state index contributed by atoms with van der Waals surface area (Å²) in [6.45, 7) is 13.1. The topological polar surface area (TPSA) is 57.1 Å². The first kappa shape index (κ1) is 17.2. The van der Waals surface area contributed by atoms with Gasteiger partial charge in [0.15, 0.2) is 5.96 Å². The summed E-state index contributed by atoms with van der Waals surface area (Å²) < 4.78 is 5.66. The highest BCUT2D eigenvalue weighted by Crippen LogP contribution is 2.06. The Morgan fingerprint density at radius 3 is 2.17 bits per heavy atom. The third kappa shape index (κ3) is 11.7. The molecule has 0 spiro atoms. The van der Waals surface area contributed by atoms with Crippen molar-refractivity contribution in [1.82, 2.24) is 10.6 Å². The molecule has 0 aromatic rings. The molecule has 0 rings (SSSR count). The Hall–Kier alpha value is -0.770. The fourth-order valence-electron chi connectivity index (χ4n) is 1.72. The van der Waals surface area contributed by atoms with Crippen LogP contribution in [0.4, 0.5) is 0 Å². The van der Waals surface area contributed by atoms with Gasteiger partial charge in [0.2, 0.25) is 0 Å². The van der Waals surface area contributed by atoms with Crippen LogP contribution in [0.5, 0.6) is 0 Å². The fraction of sp³-hybridized carbons (Fsp3) is 0.929. The molecule has 0 saturated carbocycles. The van der Waals surface area contributed by atoms with Crippen LogP contribution in [0.25, 0.3) is 0 Å². The Kier molecular flexibility index (Phi) is 9.74. The number of hydrogen-bond donors (Lipinski definition) is 3. The molecule has 0 aliphatic rings. The molecule has 0 radical (unpaired) electrons. The lowest BCUT2D eigenvalue weighted by atomic mass is 10.1. The molecule has 0 aliphatic heterocycles. The second-order valence-electron chi connectivity index (χ2n) is 5.72. The van der Waals surface area contributed by atoms with E-state index in [1.165, 1.54) is 0 Å². The molecule has 1 atom stereocenters. The standard InChI is InChI=1S/C14H31N3O/c1-11(2)6-7-16-14(15)17-8-9-18-13(5)10-12(3)4/h11-13H,6-10H2,1-5H3,(H3,15,16,17). The van der Waals surface area contributed by atoms with E-state index in [0.29, 0.717) is 37.1 Å². The van der Waals surface area contributed by atoms with Crippen molar-refractivity contribution in [2.24, 2.45) is 11.8 Å². The fourth-order valence-corrected chi connectivity index (χ4v) is 1.72. The zero-order valence-electron chi connectivity index (χ0n) is 12.7. The van der Waals surface area contributed by atoms with Gasteiger partial charge in [-0.15, -0.1) is 0 Å².